The van der Waals surface area contributed by atoms with Crippen LogP contribution in [0.25, 0.3) is 0 Å². The fourth-order valence-electron chi connectivity index (χ4n) is 5.03. The van der Waals surface area contributed by atoms with Gasteiger partial charge in [0.2, 0.25) is 5.91 Å². The van der Waals surface area contributed by atoms with Gasteiger partial charge < -0.3 is 19.9 Å². The fourth-order valence-corrected chi connectivity index (χ4v) is 5.03. The fraction of sp³-hybridized carbons (Fsp3) is 0.464. The van der Waals surface area contributed by atoms with Crippen molar-refractivity contribution in [3.05, 3.63) is 77.9 Å². The number of carbonyl (C=O) groups excluding carboxylic acids is 1. The second-order valence-corrected chi connectivity index (χ2v) is 9.33. The highest BCUT2D eigenvalue weighted by Crippen LogP contribution is 2.39. The van der Waals surface area contributed by atoms with Crippen molar-refractivity contribution < 1.29 is 19.4 Å². The Bertz CT molecular complexity index is 938. The van der Waals surface area contributed by atoms with Gasteiger partial charge in [0.15, 0.2) is 6.29 Å². The van der Waals surface area contributed by atoms with E-state index in [1.54, 1.807) is 0 Å². The predicted octanol–water partition coefficient (Wildman–Crippen LogP) is 5.11. The number of nitrogens with one attached hydrogen (secondary N) is 1. The molecule has 2 fully saturated rings. The number of hydrogen-bond acceptors (Lipinski definition) is 5. The Labute approximate surface area is 202 Å². The molecule has 6 heteroatoms. The summed E-state index contributed by atoms with van der Waals surface area (Å²) in [7, 11) is 0. The summed E-state index contributed by atoms with van der Waals surface area (Å²) in [6.07, 6.45) is 7.19. The average Bonchev–Trinajstić information content (AvgIpc) is 3.39. The second kappa shape index (κ2) is 11.8. The lowest BCUT2D eigenvalue weighted by Crippen LogP contribution is -2.43. The molecule has 1 heterocycles. The predicted molar refractivity (Wildman–Crippen MR) is 133 cm³/mol. The maximum atomic E-state index is 11.4. The minimum atomic E-state index is -0.498. The highest BCUT2D eigenvalue weighted by molar-refractivity contribution is 5.88. The Morgan fingerprint density at radius 2 is 1.76 bits per heavy atom. The molecule has 0 spiro atoms. The first-order valence-electron chi connectivity index (χ1n) is 12.3. The van der Waals surface area contributed by atoms with Gasteiger partial charge in [0.1, 0.15) is 0 Å². The van der Waals surface area contributed by atoms with Gasteiger partial charge in [-0.05, 0) is 36.1 Å². The van der Waals surface area contributed by atoms with E-state index in [1.165, 1.54) is 32.6 Å². The van der Waals surface area contributed by atoms with Gasteiger partial charge in [0.25, 0.3) is 0 Å². The SMILES string of the molecule is C=CCN(CC1CC(c2ccc(CO)cc2)OC(c2ccc(NC(C)=O)cc2)O1)C1CCCC1. The minimum absolute atomic E-state index is 0.0110. The zero-order valence-electron chi connectivity index (χ0n) is 20.0. The van der Waals surface area contributed by atoms with Crippen molar-refractivity contribution in [2.24, 2.45) is 0 Å². The summed E-state index contributed by atoms with van der Waals surface area (Å²) in [5.41, 5.74) is 3.64. The third kappa shape index (κ3) is 6.33. The second-order valence-electron chi connectivity index (χ2n) is 9.33. The van der Waals surface area contributed by atoms with Gasteiger partial charge in [-0.25, -0.2) is 0 Å². The van der Waals surface area contributed by atoms with Crippen molar-refractivity contribution in [3.63, 3.8) is 0 Å². The molecule has 1 aliphatic heterocycles. The Kier molecular flexibility index (Phi) is 8.51. The highest BCUT2D eigenvalue weighted by Gasteiger charge is 2.34. The number of ether oxygens (including phenoxy) is 2. The van der Waals surface area contributed by atoms with Crippen LogP contribution >= 0.6 is 0 Å². The summed E-state index contributed by atoms with van der Waals surface area (Å²) < 4.78 is 12.9. The first-order chi connectivity index (χ1) is 16.6. The van der Waals surface area contributed by atoms with Crippen LogP contribution < -0.4 is 5.32 Å². The largest absolute Gasteiger partial charge is 0.392 e. The molecule has 1 saturated carbocycles. The highest BCUT2D eigenvalue weighted by atomic mass is 16.7. The molecule has 1 amide bonds. The van der Waals surface area contributed by atoms with Gasteiger partial charge in [0, 0.05) is 43.7 Å². The molecule has 3 atom stereocenters. The molecule has 0 aromatic heterocycles. The molecule has 2 N–H and O–H groups in total. The smallest absolute Gasteiger partial charge is 0.221 e. The molecule has 6 nitrogen and oxygen atoms in total. The molecule has 1 saturated heterocycles. The quantitative estimate of drug-likeness (QED) is 0.505. The third-order valence-corrected chi connectivity index (χ3v) is 6.76. The van der Waals surface area contributed by atoms with E-state index in [-0.39, 0.29) is 24.7 Å². The van der Waals surface area contributed by atoms with Crippen LogP contribution in [0.15, 0.2) is 61.2 Å². The van der Waals surface area contributed by atoms with E-state index in [0.717, 1.165) is 41.9 Å². The molecular weight excluding hydrogens is 428 g/mol. The molecule has 0 bridgehead atoms. The van der Waals surface area contributed by atoms with Gasteiger partial charge in [-0.3, -0.25) is 9.69 Å². The zero-order valence-corrected chi connectivity index (χ0v) is 20.0. The number of benzene rings is 2. The van der Waals surface area contributed by atoms with Crippen molar-refractivity contribution in [3.8, 4) is 0 Å². The summed E-state index contributed by atoms with van der Waals surface area (Å²) >= 11 is 0. The van der Waals surface area contributed by atoms with E-state index in [1.807, 2.05) is 54.6 Å². The number of amides is 1. The summed E-state index contributed by atoms with van der Waals surface area (Å²) in [4.78, 5) is 13.9. The zero-order chi connectivity index (χ0) is 23.9. The van der Waals surface area contributed by atoms with Crippen molar-refractivity contribution in [2.75, 3.05) is 18.4 Å². The number of anilines is 1. The van der Waals surface area contributed by atoms with E-state index in [0.29, 0.717) is 6.04 Å². The third-order valence-electron chi connectivity index (χ3n) is 6.76. The summed E-state index contributed by atoms with van der Waals surface area (Å²) in [5, 5.41) is 12.2. The Morgan fingerprint density at radius 3 is 2.38 bits per heavy atom. The van der Waals surface area contributed by atoms with Gasteiger partial charge in [-0.15, -0.1) is 6.58 Å². The van der Waals surface area contributed by atoms with E-state index in [4.69, 9.17) is 9.47 Å². The minimum Gasteiger partial charge on any atom is -0.392 e. The number of carbonyl (C=O) groups is 1. The van der Waals surface area contributed by atoms with Crippen LogP contribution in [-0.2, 0) is 20.9 Å². The van der Waals surface area contributed by atoms with Crippen molar-refractivity contribution in [1.82, 2.24) is 4.90 Å². The molecule has 2 aromatic rings. The maximum absolute atomic E-state index is 11.4. The molecule has 0 radical (unpaired) electrons. The number of nitrogens with zero attached hydrogens (tertiary/aromatic N) is 1. The normalized spacial score (nSPS) is 23.2. The van der Waals surface area contributed by atoms with Gasteiger partial charge >= 0.3 is 0 Å². The molecule has 4 rings (SSSR count). The molecule has 2 aromatic carbocycles. The van der Waals surface area contributed by atoms with E-state index >= 15 is 0 Å². The average molecular weight is 465 g/mol. The maximum Gasteiger partial charge on any atom is 0.221 e. The lowest BCUT2D eigenvalue weighted by Gasteiger charge is -2.39. The standard InChI is InChI=1S/C28H36N2O4/c1-3-16-30(25-6-4-5-7-25)18-26-17-27(22-10-8-21(19-31)9-11-22)34-28(33-26)23-12-14-24(15-13-23)29-20(2)32/h3,8-15,25-28,31H,1,4-7,16-19H2,2H3,(H,29,32). The van der Waals surface area contributed by atoms with Crippen LogP contribution in [-0.4, -0.2) is 41.1 Å². The van der Waals surface area contributed by atoms with E-state index in [9.17, 15) is 9.90 Å². The van der Waals surface area contributed by atoms with Crippen molar-refractivity contribution in [1.29, 1.82) is 0 Å². The Morgan fingerprint density at radius 1 is 1.09 bits per heavy atom. The molecule has 1 aliphatic carbocycles. The van der Waals surface area contributed by atoms with Crippen LogP contribution in [0.5, 0.6) is 0 Å². The molecular formula is C28H36N2O4. The van der Waals surface area contributed by atoms with Crippen LogP contribution in [0.2, 0.25) is 0 Å². The van der Waals surface area contributed by atoms with E-state index in [2.05, 4.69) is 16.8 Å². The lowest BCUT2D eigenvalue weighted by molar-refractivity contribution is -0.253. The number of rotatable bonds is 9. The number of aliphatic hydroxyl groups is 1. The van der Waals surface area contributed by atoms with Crippen LogP contribution in [0.4, 0.5) is 5.69 Å². The molecule has 2 aliphatic rings. The Hall–Kier alpha value is -2.51. The summed E-state index contributed by atoms with van der Waals surface area (Å²) in [5.74, 6) is -0.0985. The van der Waals surface area contributed by atoms with E-state index < -0.39 is 6.29 Å². The van der Waals surface area contributed by atoms with Crippen LogP contribution in [0.3, 0.4) is 0 Å². The molecule has 3 unspecified atom stereocenters. The Balaban J connectivity index is 1.54. The first-order valence-corrected chi connectivity index (χ1v) is 12.3. The van der Waals surface area contributed by atoms with Gasteiger partial charge in [-0.1, -0.05) is 55.3 Å². The van der Waals surface area contributed by atoms with Crippen molar-refractivity contribution >= 4 is 11.6 Å². The first kappa shape index (κ1) is 24.6. The summed E-state index contributed by atoms with van der Waals surface area (Å²) in [6, 6.07) is 16.2. The van der Waals surface area contributed by atoms with Crippen molar-refractivity contribution in [2.45, 2.75) is 70.2 Å². The molecule has 182 valence electrons. The molecule has 34 heavy (non-hydrogen) atoms. The number of aliphatic hydroxyl groups excluding tert-OH is 1. The van der Waals surface area contributed by atoms with Crippen LogP contribution in [0, 0.1) is 0 Å². The lowest BCUT2D eigenvalue weighted by atomic mass is 9.99. The number of hydrogen-bond donors (Lipinski definition) is 2. The topological polar surface area (TPSA) is 71.0 Å². The van der Waals surface area contributed by atoms with Gasteiger partial charge in [0.05, 0.1) is 18.8 Å². The monoisotopic (exact) mass is 464 g/mol. The summed E-state index contributed by atoms with van der Waals surface area (Å²) in [6.45, 7) is 7.20. The van der Waals surface area contributed by atoms with Gasteiger partial charge in [-0.2, -0.15) is 0 Å². The van der Waals surface area contributed by atoms with Crippen LogP contribution in [0.1, 0.15) is 68.1 Å².